The van der Waals surface area contributed by atoms with Gasteiger partial charge in [0.2, 0.25) is 0 Å². The molecule has 0 bridgehead atoms. The zero-order valence-corrected chi connectivity index (χ0v) is 9.74. The van der Waals surface area contributed by atoms with Crippen LogP contribution < -0.4 is 5.73 Å². The van der Waals surface area contributed by atoms with Crippen LogP contribution in [0, 0.1) is 5.82 Å². The fourth-order valence-corrected chi connectivity index (χ4v) is 2.00. The Balaban J connectivity index is 2.52. The van der Waals surface area contributed by atoms with Crippen LogP contribution in [0.4, 0.5) is 4.39 Å². The van der Waals surface area contributed by atoms with Gasteiger partial charge >= 0.3 is 0 Å². The van der Waals surface area contributed by atoms with Gasteiger partial charge in [-0.15, -0.1) is 0 Å². The first-order valence-electron chi connectivity index (χ1n) is 5.71. The van der Waals surface area contributed by atoms with Gasteiger partial charge in [-0.3, -0.25) is 0 Å². The highest BCUT2D eigenvalue weighted by molar-refractivity contribution is 5.78. The van der Waals surface area contributed by atoms with Crippen molar-refractivity contribution in [2.45, 2.75) is 25.4 Å². The number of furan rings is 1. The molecule has 1 heterocycles. The molecular weight excluding hydrogens is 221 g/mol. The summed E-state index contributed by atoms with van der Waals surface area (Å²) < 4.78 is 18.9. The van der Waals surface area contributed by atoms with Gasteiger partial charge in [0.15, 0.2) is 11.4 Å². The lowest BCUT2D eigenvalue weighted by molar-refractivity contribution is 0.0156. The molecule has 1 unspecified atom stereocenters. The van der Waals surface area contributed by atoms with Gasteiger partial charge in [-0.2, -0.15) is 0 Å². The van der Waals surface area contributed by atoms with Crippen LogP contribution >= 0.6 is 0 Å². The number of rotatable bonds is 4. The molecule has 1 aromatic heterocycles. The molecule has 0 aliphatic heterocycles. The van der Waals surface area contributed by atoms with E-state index >= 15 is 0 Å². The number of halogens is 1. The van der Waals surface area contributed by atoms with E-state index in [4.69, 9.17) is 10.2 Å². The summed E-state index contributed by atoms with van der Waals surface area (Å²) >= 11 is 0. The van der Waals surface area contributed by atoms with E-state index < -0.39 is 11.4 Å². The number of hydrogen-bond donors (Lipinski definition) is 2. The number of fused-ring (bicyclic) bond motifs is 1. The van der Waals surface area contributed by atoms with Crippen LogP contribution in [0.15, 0.2) is 28.7 Å². The molecule has 0 saturated heterocycles. The lowest BCUT2D eigenvalue weighted by Crippen LogP contribution is -2.34. The highest BCUT2D eigenvalue weighted by Crippen LogP contribution is 2.31. The third kappa shape index (κ3) is 2.06. The van der Waals surface area contributed by atoms with Gasteiger partial charge in [-0.1, -0.05) is 25.5 Å². The Kier molecular flexibility index (Phi) is 3.17. The molecule has 2 aromatic rings. The summed E-state index contributed by atoms with van der Waals surface area (Å²) in [5, 5.41) is 11.0. The van der Waals surface area contributed by atoms with Crippen LogP contribution in [-0.2, 0) is 5.60 Å². The predicted octanol–water partition coefficient (Wildman–Crippen LogP) is 2.52. The van der Waals surface area contributed by atoms with Crippen molar-refractivity contribution < 1.29 is 13.9 Å². The highest BCUT2D eigenvalue weighted by Gasteiger charge is 2.30. The second kappa shape index (κ2) is 4.47. The molecule has 0 fully saturated rings. The Labute approximate surface area is 99.0 Å². The fraction of sp³-hybridized carbons (Fsp3) is 0.385. The summed E-state index contributed by atoms with van der Waals surface area (Å²) in [4.78, 5) is 0. The van der Waals surface area contributed by atoms with Crippen LogP contribution in [0.25, 0.3) is 11.0 Å². The predicted molar refractivity (Wildman–Crippen MR) is 64.0 cm³/mol. The average Bonchev–Trinajstić information content (AvgIpc) is 2.75. The Morgan fingerprint density at radius 2 is 2.24 bits per heavy atom. The summed E-state index contributed by atoms with van der Waals surface area (Å²) in [6.07, 6.45) is 1.26. The summed E-state index contributed by atoms with van der Waals surface area (Å²) in [7, 11) is 0. The van der Waals surface area contributed by atoms with Crippen molar-refractivity contribution in [1.29, 1.82) is 0 Å². The van der Waals surface area contributed by atoms with Gasteiger partial charge in [-0.25, -0.2) is 4.39 Å². The zero-order valence-electron chi connectivity index (χ0n) is 9.74. The monoisotopic (exact) mass is 237 g/mol. The summed E-state index contributed by atoms with van der Waals surface area (Å²) in [5.41, 5.74) is 4.54. The molecule has 4 heteroatoms. The van der Waals surface area contributed by atoms with Crippen molar-refractivity contribution in [2.24, 2.45) is 5.73 Å². The first-order valence-corrected chi connectivity index (χ1v) is 5.71. The van der Waals surface area contributed by atoms with Crippen molar-refractivity contribution in [1.82, 2.24) is 0 Å². The van der Waals surface area contributed by atoms with E-state index in [-0.39, 0.29) is 12.1 Å². The largest absolute Gasteiger partial charge is 0.455 e. The smallest absolute Gasteiger partial charge is 0.170 e. The van der Waals surface area contributed by atoms with E-state index in [1.165, 1.54) is 6.07 Å². The van der Waals surface area contributed by atoms with Gasteiger partial charge in [-0.05, 0) is 18.6 Å². The van der Waals surface area contributed by atoms with Crippen molar-refractivity contribution in [3.05, 3.63) is 35.8 Å². The van der Waals surface area contributed by atoms with Crippen molar-refractivity contribution in [3.8, 4) is 0 Å². The van der Waals surface area contributed by atoms with Gasteiger partial charge in [0.25, 0.3) is 0 Å². The van der Waals surface area contributed by atoms with Gasteiger partial charge in [0, 0.05) is 11.9 Å². The molecule has 0 radical (unpaired) electrons. The van der Waals surface area contributed by atoms with E-state index in [0.29, 0.717) is 17.6 Å². The first-order chi connectivity index (χ1) is 8.10. The Hall–Kier alpha value is -1.39. The Morgan fingerprint density at radius 1 is 1.47 bits per heavy atom. The second-order valence-corrected chi connectivity index (χ2v) is 4.25. The number of nitrogens with two attached hydrogens (primary N) is 1. The zero-order chi connectivity index (χ0) is 12.5. The van der Waals surface area contributed by atoms with Gasteiger partial charge in [0.05, 0.1) is 0 Å². The van der Waals surface area contributed by atoms with Crippen LogP contribution in [0.2, 0.25) is 0 Å². The number of benzene rings is 1. The first kappa shape index (κ1) is 12.1. The third-order valence-corrected chi connectivity index (χ3v) is 2.96. The minimum absolute atomic E-state index is 0.0578. The van der Waals surface area contributed by atoms with Crippen LogP contribution in [0.3, 0.4) is 0 Å². The van der Waals surface area contributed by atoms with E-state index in [2.05, 4.69) is 0 Å². The fourth-order valence-electron chi connectivity index (χ4n) is 2.00. The van der Waals surface area contributed by atoms with E-state index in [1.54, 1.807) is 18.2 Å². The van der Waals surface area contributed by atoms with Crippen molar-refractivity contribution >= 4 is 11.0 Å². The molecule has 1 atom stereocenters. The van der Waals surface area contributed by atoms with Crippen LogP contribution in [0.1, 0.15) is 25.5 Å². The molecule has 92 valence electrons. The average molecular weight is 237 g/mol. The number of para-hydroxylation sites is 1. The minimum atomic E-state index is -1.21. The lowest BCUT2D eigenvalue weighted by Gasteiger charge is -2.23. The molecule has 2 rings (SSSR count). The van der Waals surface area contributed by atoms with Crippen molar-refractivity contribution in [2.75, 3.05) is 6.54 Å². The lowest BCUT2D eigenvalue weighted by atomic mass is 9.95. The van der Waals surface area contributed by atoms with E-state index in [0.717, 1.165) is 6.42 Å². The maximum Gasteiger partial charge on any atom is 0.170 e. The third-order valence-electron chi connectivity index (χ3n) is 2.96. The molecule has 17 heavy (non-hydrogen) atoms. The molecule has 0 saturated carbocycles. The standard InChI is InChI=1S/C13H16FNO2/c1-2-6-13(16,8-15)11-7-9-4-3-5-10(14)12(9)17-11/h3-5,7,16H,2,6,8,15H2,1H3. The number of hydrogen-bond acceptors (Lipinski definition) is 3. The van der Waals surface area contributed by atoms with E-state index in [1.807, 2.05) is 6.92 Å². The van der Waals surface area contributed by atoms with Gasteiger partial charge < -0.3 is 15.3 Å². The summed E-state index contributed by atoms with van der Waals surface area (Å²) in [6, 6.07) is 6.34. The maximum absolute atomic E-state index is 13.5. The molecule has 0 aliphatic carbocycles. The molecule has 0 aliphatic rings. The quantitative estimate of drug-likeness (QED) is 0.859. The number of aliphatic hydroxyl groups is 1. The van der Waals surface area contributed by atoms with Crippen LogP contribution in [-0.4, -0.2) is 11.7 Å². The molecular formula is C13H16FNO2. The molecule has 0 amide bonds. The maximum atomic E-state index is 13.5. The van der Waals surface area contributed by atoms with Crippen LogP contribution in [0.5, 0.6) is 0 Å². The second-order valence-electron chi connectivity index (χ2n) is 4.25. The van der Waals surface area contributed by atoms with E-state index in [9.17, 15) is 9.50 Å². The summed E-state index contributed by atoms with van der Waals surface area (Å²) in [6.45, 7) is 2.01. The summed E-state index contributed by atoms with van der Waals surface area (Å²) in [5.74, 6) is -0.0911. The SMILES string of the molecule is CCCC(O)(CN)c1cc2cccc(F)c2o1. The van der Waals surface area contributed by atoms with Crippen molar-refractivity contribution in [3.63, 3.8) is 0 Å². The minimum Gasteiger partial charge on any atom is -0.455 e. The van der Waals surface area contributed by atoms with Gasteiger partial charge in [0.1, 0.15) is 11.4 Å². The Bertz CT molecular complexity index is 523. The molecule has 1 aromatic carbocycles. The Morgan fingerprint density at radius 3 is 2.82 bits per heavy atom. The molecule has 3 nitrogen and oxygen atoms in total. The highest BCUT2D eigenvalue weighted by atomic mass is 19.1. The topological polar surface area (TPSA) is 59.4 Å². The normalized spacial score (nSPS) is 15.1. The molecule has 0 spiro atoms. The molecule has 3 N–H and O–H groups in total.